The molecule has 2 rings (SSSR count). The number of ether oxygens (including phenoxy) is 1. The second-order valence-electron chi connectivity index (χ2n) is 5.50. The van der Waals surface area contributed by atoms with E-state index >= 15 is 0 Å². The number of benzene rings is 1. The SMILES string of the molecule is COc1ccc(-c2nc(C)c(C(C)NC(C)CCO)s2)cc1. The molecule has 2 atom stereocenters. The van der Waals surface area contributed by atoms with Gasteiger partial charge in [-0.25, -0.2) is 4.98 Å². The molecule has 0 aliphatic carbocycles. The molecule has 4 nitrogen and oxygen atoms in total. The van der Waals surface area contributed by atoms with Gasteiger partial charge >= 0.3 is 0 Å². The average Bonchev–Trinajstić information content (AvgIpc) is 2.89. The van der Waals surface area contributed by atoms with Crippen molar-refractivity contribution in [1.82, 2.24) is 10.3 Å². The Morgan fingerprint density at radius 1 is 1.27 bits per heavy atom. The van der Waals surface area contributed by atoms with Crippen LogP contribution in [0.3, 0.4) is 0 Å². The number of rotatable bonds is 7. The van der Waals surface area contributed by atoms with E-state index in [1.165, 1.54) is 4.88 Å². The Hall–Kier alpha value is -1.43. The van der Waals surface area contributed by atoms with Crippen LogP contribution in [0.1, 0.15) is 36.9 Å². The minimum atomic E-state index is 0.208. The summed E-state index contributed by atoms with van der Waals surface area (Å²) in [4.78, 5) is 5.94. The molecule has 0 fully saturated rings. The van der Waals surface area contributed by atoms with Crippen molar-refractivity contribution in [1.29, 1.82) is 0 Å². The fraction of sp³-hybridized carbons (Fsp3) is 0.471. The first-order valence-corrected chi connectivity index (χ1v) is 8.35. The number of thiazole rings is 1. The van der Waals surface area contributed by atoms with E-state index in [9.17, 15) is 0 Å². The monoisotopic (exact) mass is 320 g/mol. The molecule has 2 N–H and O–H groups in total. The molecule has 0 amide bonds. The number of hydrogen-bond donors (Lipinski definition) is 2. The van der Waals surface area contributed by atoms with E-state index in [1.54, 1.807) is 18.4 Å². The van der Waals surface area contributed by atoms with E-state index in [0.717, 1.165) is 28.4 Å². The van der Waals surface area contributed by atoms with Crippen molar-refractivity contribution >= 4 is 11.3 Å². The van der Waals surface area contributed by atoms with Crippen LogP contribution >= 0.6 is 11.3 Å². The van der Waals surface area contributed by atoms with Crippen LogP contribution in [0, 0.1) is 6.92 Å². The molecule has 120 valence electrons. The van der Waals surface area contributed by atoms with Crippen molar-refractivity contribution in [3.05, 3.63) is 34.8 Å². The molecule has 22 heavy (non-hydrogen) atoms. The molecular weight excluding hydrogens is 296 g/mol. The Labute approximate surface area is 136 Å². The molecule has 0 bridgehead atoms. The number of aromatic nitrogens is 1. The van der Waals surface area contributed by atoms with Crippen molar-refractivity contribution in [2.24, 2.45) is 0 Å². The molecule has 1 aromatic heterocycles. The Morgan fingerprint density at radius 3 is 2.55 bits per heavy atom. The predicted octanol–water partition coefficient (Wildman–Crippen LogP) is 3.55. The summed E-state index contributed by atoms with van der Waals surface area (Å²) in [6.07, 6.45) is 0.757. The fourth-order valence-electron chi connectivity index (χ4n) is 2.45. The van der Waals surface area contributed by atoms with E-state index in [0.29, 0.717) is 0 Å². The van der Waals surface area contributed by atoms with E-state index in [4.69, 9.17) is 14.8 Å². The van der Waals surface area contributed by atoms with Crippen LogP contribution in [0.25, 0.3) is 10.6 Å². The lowest BCUT2D eigenvalue weighted by atomic mass is 10.2. The molecule has 1 aromatic carbocycles. The van der Waals surface area contributed by atoms with E-state index in [2.05, 4.69) is 19.2 Å². The number of aryl methyl sites for hydroxylation is 1. The van der Waals surface area contributed by atoms with E-state index in [-0.39, 0.29) is 18.7 Å². The van der Waals surface area contributed by atoms with Crippen LogP contribution in [-0.4, -0.2) is 29.8 Å². The second kappa shape index (κ2) is 7.72. The van der Waals surface area contributed by atoms with Gasteiger partial charge in [0.2, 0.25) is 0 Å². The highest BCUT2D eigenvalue weighted by Gasteiger charge is 2.16. The number of aliphatic hydroxyl groups excluding tert-OH is 1. The van der Waals surface area contributed by atoms with Gasteiger partial charge < -0.3 is 15.2 Å². The summed E-state index contributed by atoms with van der Waals surface area (Å²) < 4.78 is 5.19. The third-order valence-corrected chi connectivity index (χ3v) is 5.05. The van der Waals surface area contributed by atoms with Gasteiger partial charge in [-0.1, -0.05) is 0 Å². The molecule has 2 aromatic rings. The summed E-state index contributed by atoms with van der Waals surface area (Å²) in [5.41, 5.74) is 2.17. The maximum absolute atomic E-state index is 9.01. The summed E-state index contributed by atoms with van der Waals surface area (Å²) in [7, 11) is 1.67. The maximum Gasteiger partial charge on any atom is 0.123 e. The minimum absolute atomic E-state index is 0.208. The molecule has 0 aliphatic rings. The van der Waals surface area contributed by atoms with Gasteiger partial charge in [0.05, 0.1) is 12.8 Å². The zero-order valence-corrected chi connectivity index (χ0v) is 14.4. The number of methoxy groups -OCH3 is 1. The van der Waals surface area contributed by atoms with Crippen molar-refractivity contribution in [2.45, 2.75) is 39.3 Å². The molecule has 0 spiro atoms. The van der Waals surface area contributed by atoms with Crippen LogP contribution in [-0.2, 0) is 0 Å². The number of aliphatic hydroxyl groups is 1. The zero-order valence-electron chi connectivity index (χ0n) is 13.6. The summed E-state index contributed by atoms with van der Waals surface area (Å²) in [6.45, 7) is 6.49. The van der Waals surface area contributed by atoms with Gasteiger partial charge in [-0.15, -0.1) is 11.3 Å². The Bertz CT molecular complexity index is 595. The van der Waals surface area contributed by atoms with Crippen LogP contribution in [0.4, 0.5) is 0 Å². The van der Waals surface area contributed by atoms with E-state index < -0.39 is 0 Å². The van der Waals surface area contributed by atoms with Gasteiger partial charge in [-0.3, -0.25) is 0 Å². The Kier molecular flexibility index (Phi) is 5.94. The predicted molar refractivity (Wildman–Crippen MR) is 91.6 cm³/mol. The lowest BCUT2D eigenvalue weighted by molar-refractivity contribution is 0.265. The van der Waals surface area contributed by atoms with Gasteiger partial charge in [0.1, 0.15) is 10.8 Å². The smallest absolute Gasteiger partial charge is 0.123 e. The molecule has 2 unspecified atom stereocenters. The number of nitrogens with zero attached hydrogens (tertiary/aromatic N) is 1. The lowest BCUT2D eigenvalue weighted by Gasteiger charge is -2.18. The van der Waals surface area contributed by atoms with Gasteiger partial charge in [0, 0.05) is 29.1 Å². The topological polar surface area (TPSA) is 54.4 Å². The minimum Gasteiger partial charge on any atom is -0.497 e. The highest BCUT2D eigenvalue weighted by Crippen LogP contribution is 2.32. The van der Waals surface area contributed by atoms with Crippen molar-refractivity contribution in [3.63, 3.8) is 0 Å². The van der Waals surface area contributed by atoms with Gasteiger partial charge in [0.25, 0.3) is 0 Å². The molecule has 1 heterocycles. The lowest BCUT2D eigenvalue weighted by Crippen LogP contribution is -2.29. The number of nitrogens with one attached hydrogen (secondary N) is 1. The summed E-state index contributed by atoms with van der Waals surface area (Å²) in [5.74, 6) is 0.852. The fourth-order valence-corrected chi connectivity index (χ4v) is 3.53. The molecule has 0 saturated heterocycles. The second-order valence-corrected chi connectivity index (χ2v) is 6.53. The molecule has 0 radical (unpaired) electrons. The number of hydrogen-bond acceptors (Lipinski definition) is 5. The van der Waals surface area contributed by atoms with Crippen LogP contribution in [0.2, 0.25) is 0 Å². The van der Waals surface area contributed by atoms with Crippen molar-refractivity contribution in [3.8, 4) is 16.3 Å². The van der Waals surface area contributed by atoms with E-state index in [1.807, 2.05) is 31.2 Å². The standard InChI is InChI=1S/C17H24N2O2S/c1-11(9-10-20)18-12(2)16-13(3)19-17(22-16)14-5-7-15(21-4)8-6-14/h5-8,11-12,18,20H,9-10H2,1-4H3. The van der Waals surface area contributed by atoms with Crippen molar-refractivity contribution < 1.29 is 9.84 Å². The first kappa shape index (κ1) is 16.9. The first-order valence-electron chi connectivity index (χ1n) is 7.53. The maximum atomic E-state index is 9.01. The Morgan fingerprint density at radius 2 is 1.95 bits per heavy atom. The highest BCUT2D eigenvalue weighted by atomic mass is 32.1. The highest BCUT2D eigenvalue weighted by molar-refractivity contribution is 7.15. The van der Waals surface area contributed by atoms with Gasteiger partial charge in [0.15, 0.2) is 0 Å². The normalized spacial score (nSPS) is 13.9. The molecular formula is C17H24N2O2S. The van der Waals surface area contributed by atoms with Crippen LogP contribution in [0.5, 0.6) is 5.75 Å². The summed E-state index contributed by atoms with van der Waals surface area (Å²) >= 11 is 1.72. The van der Waals surface area contributed by atoms with Gasteiger partial charge in [-0.05, 0) is 51.5 Å². The quantitative estimate of drug-likeness (QED) is 0.819. The molecule has 0 aliphatic heterocycles. The van der Waals surface area contributed by atoms with Crippen LogP contribution in [0.15, 0.2) is 24.3 Å². The summed E-state index contributed by atoms with van der Waals surface area (Å²) in [5, 5.41) is 13.5. The average molecular weight is 320 g/mol. The molecule has 5 heteroatoms. The zero-order chi connectivity index (χ0) is 16.1. The summed E-state index contributed by atoms with van der Waals surface area (Å²) in [6, 6.07) is 8.49. The first-order chi connectivity index (χ1) is 10.5. The van der Waals surface area contributed by atoms with Gasteiger partial charge in [-0.2, -0.15) is 0 Å². The largest absolute Gasteiger partial charge is 0.497 e. The third-order valence-electron chi connectivity index (χ3n) is 3.66. The Balaban J connectivity index is 2.16. The third kappa shape index (κ3) is 4.06. The van der Waals surface area contributed by atoms with Crippen LogP contribution < -0.4 is 10.1 Å². The molecule has 0 saturated carbocycles. The van der Waals surface area contributed by atoms with Crippen molar-refractivity contribution in [2.75, 3.05) is 13.7 Å².